The Balaban J connectivity index is 1.99. The van der Waals surface area contributed by atoms with E-state index in [0.29, 0.717) is 21.5 Å². The molecule has 0 saturated heterocycles. The van der Waals surface area contributed by atoms with Gasteiger partial charge in [-0.25, -0.2) is 9.37 Å². The lowest BCUT2D eigenvalue weighted by Crippen LogP contribution is -2.40. The highest BCUT2D eigenvalue weighted by molar-refractivity contribution is 6.30. The van der Waals surface area contributed by atoms with Crippen molar-refractivity contribution in [1.29, 1.82) is 0 Å². The molecule has 3 rings (SSSR count). The first kappa shape index (κ1) is 21.0. The average Bonchev–Trinajstić information content (AvgIpc) is 2.63. The van der Waals surface area contributed by atoms with E-state index in [4.69, 9.17) is 11.6 Å². The van der Waals surface area contributed by atoms with Gasteiger partial charge in [-0.1, -0.05) is 35.4 Å². The second kappa shape index (κ2) is 7.99. The molecule has 0 aliphatic carbocycles. The summed E-state index contributed by atoms with van der Waals surface area (Å²) in [6.07, 6.45) is -5.05. The summed E-state index contributed by atoms with van der Waals surface area (Å²) in [5.74, 6) is -2.52. The number of rotatable bonds is 4. The van der Waals surface area contributed by atoms with Crippen LogP contribution in [0.4, 0.5) is 17.6 Å². The van der Waals surface area contributed by atoms with E-state index in [1.54, 1.807) is 6.07 Å². The first-order chi connectivity index (χ1) is 13.5. The van der Waals surface area contributed by atoms with Crippen LogP contribution < -0.4 is 0 Å². The van der Waals surface area contributed by atoms with Gasteiger partial charge in [-0.15, -0.1) is 0 Å². The number of carbonyl (C=O) groups excluding carboxylic acids is 1. The third kappa shape index (κ3) is 4.85. The minimum Gasteiger partial charge on any atom is -0.326 e. The standard InChI is InChI=1S/C21H17ClF4N2O/c1-12-7-13(2)18-15(8-12)9-16(19(22)27-18)11-28(20(29)21(24,25)26)10-14-3-5-17(23)6-4-14/h3-9H,10-11H2,1-2H3. The summed E-state index contributed by atoms with van der Waals surface area (Å²) in [7, 11) is 0. The molecular weight excluding hydrogens is 408 g/mol. The lowest BCUT2D eigenvalue weighted by Gasteiger charge is -2.24. The fourth-order valence-corrected chi connectivity index (χ4v) is 3.38. The van der Waals surface area contributed by atoms with E-state index in [9.17, 15) is 22.4 Å². The molecule has 0 aliphatic heterocycles. The van der Waals surface area contributed by atoms with E-state index in [-0.39, 0.29) is 18.2 Å². The van der Waals surface area contributed by atoms with Gasteiger partial charge in [0.05, 0.1) is 5.52 Å². The van der Waals surface area contributed by atoms with Crippen molar-refractivity contribution in [1.82, 2.24) is 9.88 Å². The average molecular weight is 425 g/mol. The van der Waals surface area contributed by atoms with Crippen molar-refractivity contribution < 1.29 is 22.4 Å². The van der Waals surface area contributed by atoms with Crippen LogP contribution >= 0.6 is 11.6 Å². The Bertz CT molecular complexity index is 1060. The summed E-state index contributed by atoms with van der Waals surface area (Å²) >= 11 is 6.22. The van der Waals surface area contributed by atoms with E-state index in [1.807, 2.05) is 26.0 Å². The zero-order chi connectivity index (χ0) is 21.3. The summed E-state index contributed by atoms with van der Waals surface area (Å²) in [5.41, 5.74) is 3.17. The third-order valence-electron chi connectivity index (χ3n) is 4.46. The van der Waals surface area contributed by atoms with Gasteiger partial charge < -0.3 is 4.90 Å². The topological polar surface area (TPSA) is 33.2 Å². The van der Waals surface area contributed by atoms with Crippen LogP contribution in [0.25, 0.3) is 10.9 Å². The van der Waals surface area contributed by atoms with Crippen LogP contribution in [-0.2, 0) is 17.9 Å². The van der Waals surface area contributed by atoms with Gasteiger partial charge in [0.25, 0.3) is 0 Å². The first-order valence-electron chi connectivity index (χ1n) is 8.71. The summed E-state index contributed by atoms with van der Waals surface area (Å²) in [6.45, 7) is 3.03. The Morgan fingerprint density at radius 1 is 1.07 bits per heavy atom. The lowest BCUT2D eigenvalue weighted by atomic mass is 10.1. The van der Waals surface area contributed by atoms with E-state index >= 15 is 0 Å². The summed E-state index contributed by atoms with van der Waals surface area (Å²) < 4.78 is 52.5. The van der Waals surface area contributed by atoms with Gasteiger partial charge in [-0.05, 0) is 49.2 Å². The molecule has 0 fully saturated rings. The maximum atomic E-state index is 13.1. The van der Waals surface area contributed by atoms with Crippen molar-refractivity contribution in [3.8, 4) is 0 Å². The number of fused-ring (bicyclic) bond motifs is 1. The smallest absolute Gasteiger partial charge is 0.326 e. The molecule has 0 saturated carbocycles. The predicted molar refractivity (Wildman–Crippen MR) is 103 cm³/mol. The summed E-state index contributed by atoms with van der Waals surface area (Å²) in [4.78, 5) is 16.9. The molecule has 29 heavy (non-hydrogen) atoms. The highest BCUT2D eigenvalue weighted by atomic mass is 35.5. The molecule has 3 aromatic rings. The molecule has 1 heterocycles. The molecule has 0 unspecified atom stereocenters. The van der Waals surface area contributed by atoms with Gasteiger partial charge >= 0.3 is 12.1 Å². The van der Waals surface area contributed by atoms with Crippen molar-refractivity contribution in [2.45, 2.75) is 33.1 Å². The van der Waals surface area contributed by atoms with Gasteiger partial charge in [-0.3, -0.25) is 4.79 Å². The number of hydrogen-bond donors (Lipinski definition) is 0. The molecule has 0 N–H and O–H groups in total. The van der Waals surface area contributed by atoms with Gasteiger partial charge in [0.2, 0.25) is 0 Å². The van der Waals surface area contributed by atoms with Crippen LogP contribution in [0, 0.1) is 19.7 Å². The van der Waals surface area contributed by atoms with Gasteiger partial charge in [-0.2, -0.15) is 13.2 Å². The van der Waals surface area contributed by atoms with Crippen molar-refractivity contribution in [2.75, 3.05) is 0 Å². The fraction of sp³-hybridized carbons (Fsp3) is 0.238. The summed E-state index contributed by atoms with van der Waals surface area (Å²) in [5, 5.41) is 0.756. The molecule has 3 nitrogen and oxygen atoms in total. The minimum atomic E-state index is -5.05. The Kier molecular flexibility index (Phi) is 5.80. The second-order valence-corrected chi connectivity index (χ2v) is 7.24. The molecule has 152 valence electrons. The largest absolute Gasteiger partial charge is 0.471 e. The van der Waals surface area contributed by atoms with Crippen molar-refractivity contribution in [2.24, 2.45) is 0 Å². The number of alkyl halides is 3. The van der Waals surface area contributed by atoms with Crippen LogP contribution in [0.15, 0.2) is 42.5 Å². The van der Waals surface area contributed by atoms with Crippen LogP contribution in [0.5, 0.6) is 0 Å². The quantitative estimate of drug-likeness (QED) is 0.395. The molecule has 0 spiro atoms. The number of aromatic nitrogens is 1. The van der Waals surface area contributed by atoms with Crippen molar-refractivity contribution in [3.63, 3.8) is 0 Å². The van der Waals surface area contributed by atoms with E-state index in [1.165, 1.54) is 12.1 Å². The number of amides is 1. The van der Waals surface area contributed by atoms with Crippen molar-refractivity contribution >= 4 is 28.4 Å². The molecular formula is C21H17ClF4N2O. The van der Waals surface area contributed by atoms with Crippen LogP contribution in [0.1, 0.15) is 22.3 Å². The number of benzene rings is 2. The molecule has 1 amide bonds. The molecule has 0 aliphatic rings. The molecule has 1 aromatic heterocycles. The monoisotopic (exact) mass is 424 g/mol. The summed E-state index contributed by atoms with van der Waals surface area (Å²) in [6, 6.07) is 10.3. The van der Waals surface area contributed by atoms with Crippen molar-refractivity contribution in [3.05, 3.63) is 75.7 Å². The maximum Gasteiger partial charge on any atom is 0.471 e. The Labute approximate surface area is 169 Å². The number of halogens is 5. The zero-order valence-electron chi connectivity index (χ0n) is 15.6. The van der Waals surface area contributed by atoms with Crippen LogP contribution in [0.3, 0.4) is 0 Å². The number of pyridine rings is 1. The predicted octanol–water partition coefficient (Wildman–Crippen LogP) is 5.74. The number of nitrogens with zero attached hydrogens (tertiary/aromatic N) is 2. The fourth-order valence-electron chi connectivity index (χ4n) is 3.18. The van der Waals surface area contributed by atoms with Crippen LogP contribution in [0.2, 0.25) is 5.15 Å². The van der Waals surface area contributed by atoms with Gasteiger partial charge in [0.15, 0.2) is 0 Å². The highest BCUT2D eigenvalue weighted by Crippen LogP contribution is 2.28. The molecule has 8 heteroatoms. The zero-order valence-corrected chi connectivity index (χ0v) is 16.4. The Morgan fingerprint density at radius 3 is 2.34 bits per heavy atom. The third-order valence-corrected chi connectivity index (χ3v) is 4.78. The van der Waals surface area contributed by atoms with E-state index in [0.717, 1.165) is 28.6 Å². The normalized spacial score (nSPS) is 11.7. The van der Waals surface area contributed by atoms with Gasteiger partial charge in [0, 0.05) is 24.0 Å². The molecule has 2 aromatic carbocycles. The SMILES string of the molecule is Cc1cc(C)c2nc(Cl)c(CN(Cc3ccc(F)cc3)C(=O)C(F)(F)F)cc2c1. The lowest BCUT2D eigenvalue weighted by molar-refractivity contribution is -0.186. The maximum absolute atomic E-state index is 13.1. The Morgan fingerprint density at radius 2 is 1.72 bits per heavy atom. The Hall–Kier alpha value is -2.67. The number of carbonyl (C=O) groups is 1. The molecule has 0 bridgehead atoms. The first-order valence-corrected chi connectivity index (χ1v) is 9.09. The number of aryl methyl sites for hydroxylation is 2. The van der Waals surface area contributed by atoms with Crippen LogP contribution in [-0.4, -0.2) is 22.0 Å². The molecule has 0 atom stereocenters. The van der Waals surface area contributed by atoms with E-state index in [2.05, 4.69) is 4.98 Å². The van der Waals surface area contributed by atoms with E-state index < -0.39 is 17.9 Å². The minimum absolute atomic E-state index is 0.0310. The molecule has 0 radical (unpaired) electrons. The van der Waals surface area contributed by atoms with Gasteiger partial charge in [0.1, 0.15) is 11.0 Å². The number of hydrogen-bond acceptors (Lipinski definition) is 2. The second-order valence-electron chi connectivity index (χ2n) is 6.88. The highest BCUT2D eigenvalue weighted by Gasteiger charge is 2.42.